The zero-order valence-electron chi connectivity index (χ0n) is 12.2. The van der Waals surface area contributed by atoms with E-state index in [1.54, 1.807) is 4.90 Å². The maximum Gasteiger partial charge on any atom is 0.257 e. The number of hydrogen-bond acceptors (Lipinski definition) is 2. The summed E-state index contributed by atoms with van der Waals surface area (Å²) in [5, 5.41) is 0. The molecule has 0 N–H and O–H groups in total. The summed E-state index contributed by atoms with van der Waals surface area (Å²) in [5.74, 6) is -0.427. The van der Waals surface area contributed by atoms with Crippen LogP contribution in [0.1, 0.15) is 50.9 Å². The number of carbonyl (C=O) groups is 1. The summed E-state index contributed by atoms with van der Waals surface area (Å²) in [6, 6.07) is 1.61. The lowest BCUT2D eigenvalue weighted by molar-refractivity contribution is 0.0635. The summed E-state index contributed by atoms with van der Waals surface area (Å²) in [6.45, 7) is 8.87. The van der Waals surface area contributed by atoms with Gasteiger partial charge in [-0.15, -0.1) is 0 Å². The predicted molar refractivity (Wildman–Crippen MR) is 74.4 cm³/mol. The Labute approximate surface area is 114 Å². The first-order valence-electron chi connectivity index (χ1n) is 6.91. The first-order valence-corrected chi connectivity index (χ1v) is 6.91. The Kier molecular flexibility index (Phi) is 5.93. The molecule has 0 saturated heterocycles. The van der Waals surface area contributed by atoms with E-state index in [1.807, 2.05) is 0 Å². The number of carbonyl (C=O) groups excluding carboxylic acids is 1. The van der Waals surface area contributed by atoms with Crippen LogP contribution in [0.3, 0.4) is 0 Å². The lowest BCUT2D eigenvalue weighted by Gasteiger charge is -2.32. The number of hydrogen-bond donors (Lipinski definition) is 0. The van der Waals surface area contributed by atoms with Crippen molar-refractivity contribution >= 4 is 5.91 Å². The molecule has 0 radical (unpaired) electrons. The quantitative estimate of drug-likeness (QED) is 0.789. The molecule has 0 bridgehead atoms. The number of pyridine rings is 1. The highest BCUT2D eigenvalue weighted by Gasteiger charge is 2.25. The van der Waals surface area contributed by atoms with Gasteiger partial charge in [-0.2, -0.15) is 0 Å². The summed E-state index contributed by atoms with van der Waals surface area (Å²) < 4.78 is 13.7. The van der Waals surface area contributed by atoms with Gasteiger partial charge in [0.05, 0.1) is 11.8 Å². The van der Waals surface area contributed by atoms with Gasteiger partial charge in [-0.25, -0.2) is 4.39 Å². The molecule has 1 aromatic heterocycles. The molecule has 1 aromatic rings. The maximum absolute atomic E-state index is 13.7. The summed E-state index contributed by atoms with van der Waals surface area (Å²) in [5.41, 5.74) is 0.113. The van der Waals surface area contributed by atoms with Gasteiger partial charge in [0.1, 0.15) is 0 Å². The maximum atomic E-state index is 13.7. The molecule has 1 rings (SSSR count). The number of aromatic nitrogens is 1. The molecule has 0 aliphatic heterocycles. The summed E-state index contributed by atoms with van der Waals surface area (Å²) in [7, 11) is 0. The molecule has 0 aromatic carbocycles. The highest BCUT2D eigenvalue weighted by atomic mass is 19.1. The van der Waals surface area contributed by atoms with Crippen LogP contribution in [-0.4, -0.2) is 28.4 Å². The van der Waals surface area contributed by atoms with Gasteiger partial charge in [0, 0.05) is 18.8 Å². The van der Waals surface area contributed by atoms with Crippen LogP contribution in [0.4, 0.5) is 4.39 Å². The van der Waals surface area contributed by atoms with E-state index in [1.165, 1.54) is 12.3 Å². The molecule has 0 aliphatic carbocycles. The second-order valence-electron chi connectivity index (χ2n) is 5.18. The van der Waals surface area contributed by atoms with Crippen molar-refractivity contribution in [2.75, 3.05) is 6.54 Å². The lowest BCUT2D eigenvalue weighted by Crippen LogP contribution is -2.42. The van der Waals surface area contributed by atoms with Crippen LogP contribution >= 0.6 is 0 Å². The normalized spacial score (nSPS) is 11.1. The van der Waals surface area contributed by atoms with Gasteiger partial charge in [0.2, 0.25) is 0 Å². The molecular formula is C15H23FN2O. The zero-order chi connectivity index (χ0) is 14.4. The Morgan fingerprint density at radius 1 is 1.37 bits per heavy atom. The fraction of sp³-hybridized carbons (Fsp3) is 0.600. The second-order valence-corrected chi connectivity index (χ2v) is 5.18. The molecule has 0 fully saturated rings. The summed E-state index contributed by atoms with van der Waals surface area (Å²) in [6.07, 6.45) is 4.30. The largest absolute Gasteiger partial charge is 0.335 e. The van der Waals surface area contributed by atoms with Crippen LogP contribution in [-0.2, 0) is 0 Å². The standard InChI is InChI=1S/C15H23FN2O/c1-5-12(6-2)18(10-11(3)4)15(19)13-7-8-17-9-14(13)16/h7-9,11-12H,5-6,10H2,1-4H3. The van der Waals surface area contributed by atoms with Gasteiger partial charge in [-0.3, -0.25) is 9.78 Å². The molecule has 0 aliphatic rings. The topological polar surface area (TPSA) is 33.2 Å². The van der Waals surface area contributed by atoms with Gasteiger partial charge in [0.15, 0.2) is 5.82 Å². The fourth-order valence-electron chi connectivity index (χ4n) is 2.22. The third-order valence-electron chi connectivity index (χ3n) is 3.21. The van der Waals surface area contributed by atoms with Crippen LogP contribution in [0.2, 0.25) is 0 Å². The molecule has 4 heteroatoms. The van der Waals surface area contributed by atoms with Crippen LogP contribution in [0, 0.1) is 11.7 Å². The minimum absolute atomic E-state index is 0.113. The van der Waals surface area contributed by atoms with E-state index >= 15 is 0 Å². The van der Waals surface area contributed by atoms with E-state index in [2.05, 4.69) is 32.7 Å². The Bertz CT molecular complexity index is 416. The number of rotatable bonds is 6. The van der Waals surface area contributed by atoms with Crippen LogP contribution in [0.5, 0.6) is 0 Å². The Morgan fingerprint density at radius 3 is 2.47 bits per heavy atom. The molecule has 106 valence electrons. The average Bonchev–Trinajstić information content (AvgIpc) is 2.38. The second kappa shape index (κ2) is 7.22. The van der Waals surface area contributed by atoms with Gasteiger partial charge < -0.3 is 4.90 Å². The zero-order valence-corrected chi connectivity index (χ0v) is 12.2. The monoisotopic (exact) mass is 266 g/mol. The van der Waals surface area contributed by atoms with E-state index in [0.29, 0.717) is 12.5 Å². The Balaban J connectivity index is 3.03. The van der Waals surface area contributed by atoms with Crippen LogP contribution < -0.4 is 0 Å². The fourth-order valence-corrected chi connectivity index (χ4v) is 2.22. The van der Waals surface area contributed by atoms with E-state index in [9.17, 15) is 9.18 Å². The minimum atomic E-state index is -0.549. The highest BCUT2D eigenvalue weighted by Crippen LogP contribution is 2.17. The molecule has 0 spiro atoms. The van der Waals surface area contributed by atoms with Crippen molar-refractivity contribution in [2.45, 2.75) is 46.6 Å². The number of amides is 1. The minimum Gasteiger partial charge on any atom is -0.335 e. The summed E-state index contributed by atoms with van der Waals surface area (Å²) in [4.78, 5) is 18.0. The van der Waals surface area contributed by atoms with Crippen molar-refractivity contribution in [1.29, 1.82) is 0 Å². The SMILES string of the molecule is CCC(CC)N(CC(C)C)C(=O)c1ccncc1F. The van der Waals surface area contributed by atoms with Crippen molar-refractivity contribution < 1.29 is 9.18 Å². The van der Waals surface area contributed by atoms with Crippen molar-refractivity contribution in [3.63, 3.8) is 0 Å². The molecule has 19 heavy (non-hydrogen) atoms. The molecule has 1 amide bonds. The molecule has 1 heterocycles. The molecule has 3 nitrogen and oxygen atoms in total. The first-order chi connectivity index (χ1) is 9.01. The van der Waals surface area contributed by atoms with E-state index in [4.69, 9.17) is 0 Å². The van der Waals surface area contributed by atoms with Gasteiger partial charge in [0.25, 0.3) is 5.91 Å². The first kappa shape index (κ1) is 15.6. The lowest BCUT2D eigenvalue weighted by atomic mass is 10.1. The average molecular weight is 266 g/mol. The number of halogens is 1. The smallest absolute Gasteiger partial charge is 0.257 e. The molecular weight excluding hydrogens is 243 g/mol. The van der Waals surface area contributed by atoms with Gasteiger partial charge in [-0.1, -0.05) is 27.7 Å². The van der Waals surface area contributed by atoms with Crippen molar-refractivity contribution in [1.82, 2.24) is 9.88 Å². The number of nitrogens with zero attached hydrogens (tertiary/aromatic N) is 2. The summed E-state index contributed by atoms with van der Waals surface area (Å²) >= 11 is 0. The molecule has 0 unspecified atom stereocenters. The van der Waals surface area contributed by atoms with Gasteiger partial charge in [-0.05, 0) is 24.8 Å². The van der Waals surface area contributed by atoms with Crippen molar-refractivity contribution in [3.05, 3.63) is 29.8 Å². The van der Waals surface area contributed by atoms with E-state index in [-0.39, 0.29) is 17.5 Å². The van der Waals surface area contributed by atoms with Crippen LogP contribution in [0.25, 0.3) is 0 Å². The highest BCUT2D eigenvalue weighted by molar-refractivity contribution is 5.94. The van der Waals surface area contributed by atoms with Crippen LogP contribution in [0.15, 0.2) is 18.5 Å². The predicted octanol–water partition coefficient (Wildman–Crippen LogP) is 3.51. The van der Waals surface area contributed by atoms with Gasteiger partial charge >= 0.3 is 0 Å². The van der Waals surface area contributed by atoms with Crippen molar-refractivity contribution in [3.8, 4) is 0 Å². The molecule has 0 saturated carbocycles. The van der Waals surface area contributed by atoms with Crippen molar-refractivity contribution in [2.24, 2.45) is 5.92 Å². The van der Waals surface area contributed by atoms with E-state index in [0.717, 1.165) is 19.0 Å². The Morgan fingerprint density at radius 2 is 2.00 bits per heavy atom. The van der Waals surface area contributed by atoms with E-state index < -0.39 is 5.82 Å². The third kappa shape index (κ3) is 4.01. The molecule has 0 atom stereocenters. The third-order valence-corrected chi connectivity index (χ3v) is 3.21. The Hall–Kier alpha value is -1.45.